The van der Waals surface area contributed by atoms with E-state index in [0.717, 1.165) is 24.3 Å². The molecule has 180 valence electrons. The number of carbonyl (C=O) groups is 1. The molecule has 0 fully saturated rings. The molecule has 8 heteroatoms. The number of hydrogen-bond donors (Lipinski definition) is 2. The van der Waals surface area contributed by atoms with E-state index < -0.39 is 17.3 Å². The minimum Gasteiger partial charge on any atom is -0.396 e. The quantitative estimate of drug-likeness (QED) is 0.502. The van der Waals surface area contributed by atoms with Crippen LogP contribution in [0.1, 0.15) is 30.7 Å². The van der Waals surface area contributed by atoms with Crippen LogP contribution >= 0.6 is 0 Å². The molecule has 0 aliphatic carbocycles. The van der Waals surface area contributed by atoms with E-state index in [1.165, 1.54) is 22.8 Å². The van der Waals surface area contributed by atoms with Gasteiger partial charge in [0.1, 0.15) is 18.2 Å². The lowest BCUT2D eigenvalue weighted by Crippen LogP contribution is -2.33. The Bertz CT molecular complexity index is 1240. The predicted molar refractivity (Wildman–Crippen MR) is 133 cm³/mol. The minimum atomic E-state index is -0.469. The third-order valence-corrected chi connectivity index (χ3v) is 5.83. The molecule has 7 nitrogen and oxygen atoms in total. The van der Waals surface area contributed by atoms with Crippen molar-refractivity contribution in [2.24, 2.45) is 0 Å². The molecule has 0 unspecified atom stereocenters. The summed E-state index contributed by atoms with van der Waals surface area (Å²) in [5.41, 5.74) is 3.36. The monoisotopic (exact) mass is 466 g/mol. The lowest BCUT2D eigenvalue weighted by molar-refractivity contribution is -0.116. The van der Waals surface area contributed by atoms with Crippen molar-refractivity contribution in [2.75, 3.05) is 29.9 Å². The van der Waals surface area contributed by atoms with Gasteiger partial charge < -0.3 is 15.3 Å². The molecule has 3 aromatic rings. The fraction of sp³-hybridized carbons (Fsp3) is 0.346. The minimum absolute atomic E-state index is 0.120. The van der Waals surface area contributed by atoms with Gasteiger partial charge in [0.2, 0.25) is 5.91 Å². The molecule has 2 aromatic carbocycles. The van der Waals surface area contributed by atoms with Crippen LogP contribution in [0.2, 0.25) is 0 Å². The van der Waals surface area contributed by atoms with Crippen LogP contribution in [0, 0.1) is 19.7 Å². The smallest absolute Gasteiger partial charge is 0.257 e. The molecule has 34 heavy (non-hydrogen) atoms. The maximum absolute atomic E-state index is 13.9. The Labute approximate surface area is 198 Å². The van der Waals surface area contributed by atoms with E-state index in [4.69, 9.17) is 0 Å². The van der Waals surface area contributed by atoms with Crippen LogP contribution in [0.15, 0.2) is 47.3 Å². The lowest BCUT2D eigenvalue weighted by atomic mass is 10.1. The standard InChI is InChI=1S/C26H31FN4O3/c1-5-30(6-2)21-10-11-23(17(3)14-21)29-24(33)16-31-25(19-8-7-9-20(27)15-19)28-18(4)22(12-13-32)26(31)34/h7-11,14-15,32H,5-6,12-13,16H2,1-4H3,(H,29,33). The number of anilines is 2. The van der Waals surface area contributed by atoms with Crippen LogP contribution < -0.4 is 15.8 Å². The number of aliphatic hydroxyl groups excluding tert-OH is 1. The van der Waals surface area contributed by atoms with Crippen LogP contribution in [-0.2, 0) is 17.8 Å². The summed E-state index contributed by atoms with van der Waals surface area (Å²) in [5, 5.41) is 12.3. The zero-order valence-corrected chi connectivity index (χ0v) is 20.1. The molecule has 1 heterocycles. The maximum atomic E-state index is 13.9. The van der Waals surface area contributed by atoms with Crippen LogP contribution in [0.3, 0.4) is 0 Å². The summed E-state index contributed by atoms with van der Waals surface area (Å²) in [6.45, 7) is 9.00. The Kier molecular flexibility index (Phi) is 8.17. The van der Waals surface area contributed by atoms with Crippen molar-refractivity contribution in [1.29, 1.82) is 0 Å². The van der Waals surface area contributed by atoms with Crippen molar-refractivity contribution in [2.45, 2.75) is 40.7 Å². The Morgan fingerprint density at radius 1 is 1.15 bits per heavy atom. The number of halogens is 1. The van der Waals surface area contributed by atoms with Gasteiger partial charge in [-0.15, -0.1) is 0 Å². The molecule has 0 aliphatic heterocycles. The molecule has 0 radical (unpaired) electrons. The summed E-state index contributed by atoms with van der Waals surface area (Å²) < 4.78 is 15.1. The van der Waals surface area contributed by atoms with Crippen molar-refractivity contribution in [1.82, 2.24) is 9.55 Å². The molecule has 0 spiro atoms. The number of carbonyl (C=O) groups excluding carboxylic acids is 1. The second kappa shape index (κ2) is 11.1. The second-order valence-electron chi connectivity index (χ2n) is 8.09. The normalized spacial score (nSPS) is 10.9. The third kappa shape index (κ3) is 5.51. The Hall–Kier alpha value is -3.52. The molecular formula is C26H31FN4O3. The second-order valence-corrected chi connectivity index (χ2v) is 8.09. The summed E-state index contributed by atoms with van der Waals surface area (Å²) >= 11 is 0. The van der Waals surface area contributed by atoms with Crippen molar-refractivity contribution < 1.29 is 14.3 Å². The van der Waals surface area contributed by atoms with Crippen molar-refractivity contribution >= 4 is 17.3 Å². The SMILES string of the molecule is CCN(CC)c1ccc(NC(=O)Cn2c(-c3cccc(F)c3)nc(C)c(CCO)c2=O)c(C)c1. The van der Waals surface area contributed by atoms with Crippen molar-refractivity contribution in [3.8, 4) is 11.4 Å². The first-order valence-corrected chi connectivity index (χ1v) is 11.4. The summed E-state index contributed by atoms with van der Waals surface area (Å²) in [5.74, 6) is -0.671. The number of aliphatic hydroxyl groups is 1. The van der Waals surface area contributed by atoms with Crippen molar-refractivity contribution in [3.05, 3.63) is 75.5 Å². The topological polar surface area (TPSA) is 87.5 Å². The van der Waals surface area contributed by atoms with Gasteiger partial charge in [0.05, 0.1) is 0 Å². The number of benzene rings is 2. The van der Waals surface area contributed by atoms with Gasteiger partial charge in [-0.2, -0.15) is 0 Å². The van der Waals surface area contributed by atoms with Gasteiger partial charge in [-0.05, 0) is 63.6 Å². The summed E-state index contributed by atoms with van der Waals surface area (Å²) in [6, 6.07) is 11.6. The highest BCUT2D eigenvalue weighted by molar-refractivity contribution is 5.92. The molecular weight excluding hydrogens is 435 g/mol. The van der Waals surface area contributed by atoms with E-state index in [9.17, 15) is 19.1 Å². The largest absolute Gasteiger partial charge is 0.396 e. The first kappa shape index (κ1) is 25.1. The average molecular weight is 467 g/mol. The Morgan fingerprint density at radius 2 is 1.88 bits per heavy atom. The van der Waals surface area contributed by atoms with Gasteiger partial charge in [-0.25, -0.2) is 9.37 Å². The van der Waals surface area contributed by atoms with Gasteiger partial charge in [-0.1, -0.05) is 12.1 Å². The first-order chi connectivity index (χ1) is 16.3. The van der Waals surface area contributed by atoms with E-state index in [0.29, 0.717) is 22.5 Å². The number of rotatable bonds is 9. The summed E-state index contributed by atoms with van der Waals surface area (Å²) in [7, 11) is 0. The first-order valence-electron chi connectivity index (χ1n) is 11.4. The number of nitrogens with one attached hydrogen (secondary N) is 1. The zero-order valence-electron chi connectivity index (χ0n) is 20.1. The van der Waals surface area contributed by atoms with Gasteiger partial charge in [0, 0.05) is 54.3 Å². The average Bonchev–Trinajstić information content (AvgIpc) is 2.81. The highest BCUT2D eigenvalue weighted by atomic mass is 19.1. The molecule has 0 bridgehead atoms. The van der Waals surface area contributed by atoms with Crippen LogP contribution in [0.5, 0.6) is 0 Å². The van der Waals surface area contributed by atoms with Gasteiger partial charge >= 0.3 is 0 Å². The van der Waals surface area contributed by atoms with E-state index in [2.05, 4.69) is 29.0 Å². The maximum Gasteiger partial charge on any atom is 0.257 e. The highest BCUT2D eigenvalue weighted by Crippen LogP contribution is 2.23. The fourth-order valence-electron chi connectivity index (χ4n) is 4.00. The van der Waals surface area contributed by atoms with E-state index in [1.54, 1.807) is 13.0 Å². The number of aromatic nitrogens is 2. The molecule has 0 aliphatic rings. The number of nitrogens with zero attached hydrogens (tertiary/aromatic N) is 3. The Morgan fingerprint density at radius 3 is 2.50 bits per heavy atom. The van der Waals surface area contributed by atoms with Gasteiger partial charge in [0.25, 0.3) is 5.56 Å². The fourth-order valence-corrected chi connectivity index (χ4v) is 4.00. The molecule has 2 N–H and O–H groups in total. The van der Waals surface area contributed by atoms with Crippen molar-refractivity contribution in [3.63, 3.8) is 0 Å². The number of hydrogen-bond acceptors (Lipinski definition) is 5. The summed E-state index contributed by atoms with van der Waals surface area (Å²) in [6.07, 6.45) is 0.120. The number of amides is 1. The molecule has 3 rings (SSSR count). The van der Waals surface area contributed by atoms with Gasteiger partial charge in [0.15, 0.2) is 0 Å². The third-order valence-electron chi connectivity index (χ3n) is 5.83. The van der Waals surface area contributed by atoms with Gasteiger partial charge in [-0.3, -0.25) is 14.2 Å². The van der Waals surface area contributed by atoms with Crippen LogP contribution in [0.4, 0.5) is 15.8 Å². The zero-order chi connectivity index (χ0) is 24.8. The van der Waals surface area contributed by atoms with Crippen LogP contribution in [0.25, 0.3) is 11.4 Å². The predicted octanol–water partition coefficient (Wildman–Crippen LogP) is 3.69. The Balaban J connectivity index is 1.96. The molecule has 0 saturated carbocycles. The van der Waals surface area contributed by atoms with E-state index in [1.807, 2.05) is 25.1 Å². The van der Waals surface area contributed by atoms with E-state index >= 15 is 0 Å². The number of aryl methyl sites for hydroxylation is 2. The highest BCUT2D eigenvalue weighted by Gasteiger charge is 2.18. The van der Waals surface area contributed by atoms with E-state index in [-0.39, 0.29) is 25.4 Å². The molecule has 1 amide bonds. The molecule has 0 saturated heterocycles. The molecule has 1 aromatic heterocycles. The molecule has 0 atom stereocenters. The lowest BCUT2D eigenvalue weighted by Gasteiger charge is -2.22. The van der Waals surface area contributed by atoms with Crippen LogP contribution in [-0.4, -0.2) is 40.3 Å². The summed E-state index contributed by atoms with van der Waals surface area (Å²) in [4.78, 5) is 32.9.